The van der Waals surface area contributed by atoms with Crippen LogP contribution in [0, 0.1) is 5.92 Å². The van der Waals surface area contributed by atoms with Crippen LogP contribution in [-0.4, -0.2) is 64.8 Å². The molecule has 0 aromatic carbocycles. The van der Waals surface area contributed by atoms with Crippen LogP contribution in [0.25, 0.3) is 0 Å². The van der Waals surface area contributed by atoms with Gasteiger partial charge in [0.1, 0.15) is 18.1 Å². The van der Waals surface area contributed by atoms with Crippen molar-refractivity contribution in [1.82, 2.24) is 16.0 Å². The molecule has 0 rings (SSSR count). The lowest BCUT2D eigenvalue weighted by Crippen LogP contribution is -2.58. The molecule has 13 nitrogen and oxygen atoms in total. The Bertz CT molecular complexity index is 682. The van der Waals surface area contributed by atoms with Crippen LogP contribution in [0.3, 0.4) is 0 Å². The molecule has 5 amide bonds. The van der Waals surface area contributed by atoms with Gasteiger partial charge in [-0.15, -0.1) is 0 Å². The highest BCUT2D eigenvalue weighted by molar-refractivity contribution is 5.96. The summed E-state index contributed by atoms with van der Waals surface area (Å²) in [5.41, 5.74) is 15.8. The zero-order valence-corrected chi connectivity index (χ0v) is 17.1. The SMILES string of the molecule is CC(NC(=O)C(NC(=O)C(CC(N)=O)NC(=O)C(N)CCC(N)=O)C(C)C)C(=O)O. The fourth-order valence-electron chi connectivity index (χ4n) is 2.27. The molecule has 0 aromatic rings. The van der Waals surface area contributed by atoms with Crippen molar-refractivity contribution in [2.45, 2.75) is 64.2 Å². The molecule has 10 N–H and O–H groups in total. The summed E-state index contributed by atoms with van der Waals surface area (Å²) in [5, 5.41) is 15.8. The molecule has 170 valence electrons. The number of nitrogens with one attached hydrogen (secondary N) is 3. The third-order valence-electron chi connectivity index (χ3n) is 4.05. The third-order valence-corrected chi connectivity index (χ3v) is 4.05. The van der Waals surface area contributed by atoms with Crippen molar-refractivity contribution >= 4 is 35.5 Å². The quantitative estimate of drug-likeness (QED) is 0.155. The number of hydrogen-bond donors (Lipinski definition) is 7. The number of carbonyl (C=O) groups excluding carboxylic acids is 5. The minimum atomic E-state index is -1.43. The molecular formula is C17H30N6O7. The number of hydrogen-bond acceptors (Lipinski definition) is 7. The summed E-state index contributed by atoms with van der Waals surface area (Å²) >= 11 is 0. The zero-order valence-electron chi connectivity index (χ0n) is 17.1. The van der Waals surface area contributed by atoms with E-state index in [2.05, 4.69) is 16.0 Å². The van der Waals surface area contributed by atoms with Gasteiger partial charge in [0, 0.05) is 6.42 Å². The monoisotopic (exact) mass is 430 g/mol. The molecule has 0 aromatic heterocycles. The Morgan fingerprint density at radius 1 is 0.833 bits per heavy atom. The molecular weight excluding hydrogens is 400 g/mol. The van der Waals surface area contributed by atoms with Gasteiger partial charge in [-0.25, -0.2) is 0 Å². The van der Waals surface area contributed by atoms with Gasteiger partial charge >= 0.3 is 5.97 Å². The molecule has 0 saturated heterocycles. The number of carbonyl (C=O) groups is 6. The number of aliphatic carboxylic acids is 1. The van der Waals surface area contributed by atoms with E-state index in [1.54, 1.807) is 13.8 Å². The molecule has 0 aliphatic rings. The van der Waals surface area contributed by atoms with Gasteiger partial charge < -0.3 is 38.3 Å². The number of carboxylic acids is 1. The van der Waals surface area contributed by atoms with Crippen molar-refractivity contribution in [3.8, 4) is 0 Å². The van der Waals surface area contributed by atoms with Gasteiger partial charge in [-0.1, -0.05) is 13.8 Å². The molecule has 0 saturated carbocycles. The zero-order chi connectivity index (χ0) is 23.6. The van der Waals surface area contributed by atoms with Crippen molar-refractivity contribution in [3.05, 3.63) is 0 Å². The molecule has 30 heavy (non-hydrogen) atoms. The van der Waals surface area contributed by atoms with Crippen LogP contribution in [0.4, 0.5) is 0 Å². The minimum Gasteiger partial charge on any atom is -0.480 e. The Labute approximate surface area is 173 Å². The number of amides is 5. The first-order chi connectivity index (χ1) is 13.8. The Balaban J connectivity index is 5.27. The van der Waals surface area contributed by atoms with E-state index in [-0.39, 0.29) is 12.8 Å². The maximum atomic E-state index is 12.6. The molecule has 0 aliphatic carbocycles. The van der Waals surface area contributed by atoms with Gasteiger partial charge in [0.2, 0.25) is 29.5 Å². The lowest BCUT2D eigenvalue weighted by molar-refractivity contribution is -0.142. The van der Waals surface area contributed by atoms with E-state index in [0.717, 1.165) is 0 Å². The highest BCUT2D eigenvalue weighted by atomic mass is 16.4. The van der Waals surface area contributed by atoms with Gasteiger partial charge in [0.05, 0.1) is 12.5 Å². The lowest BCUT2D eigenvalue weighted by Gasteiger charge is -2.26. The summed E-state index contributed by atoms with van der Waals surface area (Å²) in [4.78, 5) is 70.1. The van der Waals surface area contributed by atoms with Crippen molar-refractivity contribution in [2.24, 2.45) is 23.1 Å². The molecule has 0 aliphatic heterocycles. The highest BCUT2D eigenvalue weighted by Gasteiger charge is 2.31. The van der Waals surface area contributed by atoms with Gasteiger partial charge in [-0.2, -0.15) is 0 Å². The molecule has 0 heterocycles. The van der Waals surface area contributed by atoms with Crippen molar-refractivity contribution < 1.29 is 33.9 Å². The topological polar surface area (TPSA) is 237 Å². The summed E-state index contributed by atoms with van der Waals surface area (Å²) in [6, 6.07) is -4.93. The van der Waals surface area contributed by atoms with Gasteiger partial charge in [0.25, 0.3) is 0 Å². The van der Waals surface area contributed by atoms with E-state index < -0.39 is 72.0 Å². The summed E-state index contributed by atoms with van der Waals surface area (Å²) in [5.74, 6) is -5.73. The average molecular weight is 430 g/mol. The van der Waals surface area contributed by atoms with Crippen LogP contribution in [-0.2, 0) is 28.8 Å². The van der Waals surface area contributed by atoms with E-state index >= 15 is 0 Å². The Morgan fingerprint density at radius 2 is 1.40 bits per heavy atom. The number of nitrogens with two attached hydrogens (primary N) is 3. The fourth-order valence-corrected chi connectivity index (χ4v) is 2.27. The lowest BCUT2D eigenvalue weighted by atomic mass is 10.0. The van der Waals surface area contributed by atoms with E-state index in [1.165, 1.54) is 6.92 Å². The molecule has 0 radical (unpaired) electrons. The van der Waals surface area contributed by atoms with E-state index in [9.17, 15) is 28.8 Å². The number of rotatable bonds is 13. The van der Waals surface area contributed by atoms with Gasteiger partial charge in [0.15, 0.2) is 0 Å². The highest BCUT2D eigenvalue weighted by Crippen LogP contribution is 2.05. The van der Waals surface area contributed by atoms with Crippen molar-refractivity contribution in [2.75, 3.05) is 0 Å². The Hall–Kier alpha value is -3.22. The summed E-state index contributed by atoms with van der Waals surface area (Å²) in [6.45, 7) is 4.47. The van der Waals surface area contributed by atoms with E-state index in [0.29, 0.717) is 0 Å². The van der Waals surface area contributed by atoms with Crippen LogP contribution in [0.2, 0.25) is 0 Å². The molecule has 4 unspecified atom stereocenters. The maximum absolute atomic E-state index is 12.6. The van der Waals surface area contributed by atoms with E-state index in [4.69, 9.17) is 22.3 Å². The smallest absolute Gasteiger partial charge is 0.325 e. The second kappa shape index (κ2) is 12.4. The predicted octanol–water partition coefficient (Wildman–Crippen LogP) is -3.33. The normalized spacial score (nSPS) is 14.7. The third kappa shape index (κ3) is 9.82. The van der Waals surface area contributed by atoms with E-state index in [1.807, 2.05) is 0 Å². The molecule has 0 fully saturated rings. The van der Waals surface area contributed by atoms with Crippen LogP contribution >= 0.6 is 0 Å². The van der Waals surface area contributed by atoms with Gasteiger partial charge in [-0.05, 0) is 19.3 Å². The maximum Gasteiger partial charge on any atom is 0.325 e. The van der Waals surface area contributed by atoms with Crippen LogP contribution in [0.1, 0.15) is 40.0 Å². The van der Waals surface area contributed by atoms with Crippen LogP contribution < -0.4 is 33.2 Å². The first-order valence-corrected chi connectivity index (χ1v) is 9.22. The Kier molecular flexibility index (Phi) is 11.0. The molecule has 4 atom stereocenters. The average Bonchev–Trinajstić information content (AvgIpc) is 2.62. The summed E-state index contributed by atoms with van der Waals surface area (Å²) in [6.07, 6.45) is -0.799. The first-order valence-electron chi connectivity index (χ1n) is 9.22. The van der Waals surface area contributed by atoms with Gasteiger partial charge in [-0.3, -0.25) is 28.8 Å². The largest absolute Gasteiger partial charge is 0.480 e. The molecule has 0 bridgehead atoms. The first kappa shape index (κ1) is 26.8. The van der Waals surface area contributed by atoms with Crippen molar-refractivity contribution in [3.63, 3.8) is 0 Å². The van der Waals surface area contributed by atoms with Crippen LogP contribution in [0.15, 0.2) is 0 Å². The predicted molar refractivity (Wildman–Crippen MR) is 104 cm³/mol. The molecule has 13 heteroatoms. The van der Waals surface area contributed by atoms with Crippen LogP contribution in [0.5, 0.6) is 0 Å². The molecule has 0 spiro atoms. The number of carboxylic acid groups (broad SMARTS) is 1. The fraction of sp³-hybridized carbons (Fsp3) is 0.647. The summed E-state index contributed by atoms with van der Waals surface area (Å²) < 4.78 is 0. The Morgan fingerprint density at radius 3 is 1.83 bits per heavy atom. The van der Waals surface area contributed by atoms with Crippen molar-refractivity contribution in [1.29, 1.82) is 0 Å². The number of primary amides is 2. The standard InChI is InChI=1S/C17H30N6O7/c1-7(2)13(16(28)21-8(3)17(29)30)23-15(27)10(6-12(20)25)22-14(26)9(18)4-5-11(19)24/h7-10,13H,4-6,18H2,1-3H3,(H2,19,24)(H2,20,25)(H,21,28)(H,22,26)(H,23,27)(H,29,30). The second-order valence-corrected chi connectivity index (χ2v) is 7.14. The second-order valence-electron chi connectivity index (χ2n) is 7.14. The summed E-state index contributed by atoms with van der Waals surface area (Å²) in [7, 11) is 0. The minimum absolute atomic E-state index is 0.0732.